The molecule has 0 atom stereocenters. The number of anilines is 1. The molecule has 1 saturated heterocycles. The zero-order valence-corrected chi connectivity index (χ0v) is 11.7. The first kappa shape index (κ1) is 13.7. The summed E-state index contributed by atoms with van der Waals surface area (Å²) >= 11 is 0. The maximum atomic E-state index is 12.2. The van der Waals surface area contributed by atoms with Gasteiger partial charge in [0.25, 0.3) is 0 Å². The summed E-state index contributed by atoms with van der Waals surface area (Å²) in [5, 5.41) is 0. The largest absolute Gasteiger partial charge is 0.326 e. The van der Waals surface area contributed by atoms with E-state index in [0.717, 1.165) is 11.1 Å². The van der Waals surface area contributed by atoms with Crippen molar-refractivity contribution in [3.8, 4) is 0 Å². The number of imide groups is 1. The molecule has 0 radical (unpaired) electrons. The van der Waals surface area contributed by atoms with Crippen LogP contribution < -0.4 is 10.6 Å². The molecule has 1 fully saturated rings. The van der Waals surface area contributed by atoms with E-state index in [1.54, 1.807) is 0 Å². The Hall–Kier alpha value is -1.68. The van der Waals surface area contributed by atoms with Crippen LogP contribution in [0.25, 0.3) is 0 Å². The van der Waals surface area contributed by atoms with Crippen LogP contribution in [-0.2, 0) is 16.1 Å². The number of carbonyl (C=O) groups excluding carboxylic acids is 2. The van der Waals surface area contributed by atoms with Crippen LogP contribution in [0.15, 0.2) is 18.2 Å². The Balaban J connectivity index is 2.41. The maximum absolute atomic E-state index is 12.2. The van der Waals surface area contributed by atoms with E-state index in [-0.39, 0.29) is 17.2 Å². The van der Waals surface area contributed by atoms with Gasteiger partial charge in [0.2, 0.25) is 11.8 Å². The number of hydrogen-bond acceptors (Lipinski definition) is 3. The molecule has 4 heteroatoms. The molecule has 1 aromatic carbocycles. The lowest BCUT2D eigenvalue weighted by Crippen LogP contribution is -2.46. The Bertz CT molecular complexity index is 515. The average molecular weight is 260 g/mol. The molecular weight excluding hydrogens is 240 g/mol. The zero-order chi connectivity index (χ0) is 14.2. The molecule has 1 aliphatic rings. The summed E-state index contributed by atoms with van der Waals surface area (Å²) in [4.78, 5) is 25.8. The average Bonchev–Trinajstić information content (AvgIpc) is 2.29. The number of nitrogens with zero attached hydrogens (tertiary/aromatic N) is 1. The van der Waals surface area contributed by atoms with Gasteiger partial charge in [0.1, 0.15) is 0 Å². The van der Waals surface area contributed by atoms with Crippen molar-refractivity contribution in [1.29, 1.82) is 0 Å². The number of rotatable bonds is 2. The first-order valence-corrected chi connectivity index (χ1v) is 6.49. The predicted molar refractivity (Wildman–Crippen MR) is 74.6 cm³/mol. The molecule has 1 aliphatic heterocycles. The Morgan fingerprint density at radius 3 is 2.32 bits per heavy atom. The van der Waals surface area contributed by atoms with Crippen LogP contribution in [0.5, 0.6) is 0 Å². The minimum atomic E-state index is -0.246. The van der Waals surface area contributed by atoms with Crippen molar-refractivity contribution in [2.75, 3.05) is 4.90 Å². The second-order valence-electron chi connectivity index (χ2n) is 5.97. The van der Waals surface area contributed by atoms with E-state index in [9.17, 15) is 9.59 Å². The van der Waals surface area contributed by atoms with Gasteiger partial charge in [0.15, 0.2) is 0 Å². The Morgan fingerprint density at radius 1 is 1.21 bits per heavy atom. The van der Waals surface area contributed by atoms with Gasteiger partial charge in [-0.05, 0) is 29.5 Å². The minimum Gasteiger partial charge on any atom is -0.326 e. The van der Waals surface area contributed by atoms with Crippen LogP contribution in [0.1, 0.15) is 37.8 Å². The van der Waals surface area contributed by atoms with E-state index in [2.05, 4.69) is 0 Å². The van der Waals surface area contributed by atoms with Crippen LogP contribution in [0.4, 0.5) is 5.69 Å². The fourth-order valence-corrected chi connectivity index (χ4v) is 2.47. The van der Waals surface area contributed by atoms with Gasteiger partial charge in [-0.2, -0.15) is 0 Å². The van der Waals surface area contributed by atoms with E-state index < -0.39 is 0 Å². The van der Waals surface area contributed by atoms with Gasteiger partial charge in [0, 0.05) is 19.4 Å². The highest BCUT2D eigenvalue weighted by molar-refractivity contribution is 6.17. The van der Waals surface area contributed by atoms with Gasteiger partial charge in [-0.15, -0.1) is 0 Å². The molecule has 102 valence electrons. The van der Waals surface area contributed by atoms with Gasteiger partial charge in [0.05, 0.1) is 5.69 Å². The summed E-state index contributed by atoms with van der Waals surface area (Å²) in [6.07, 6.45) is 0.788. The third kappa shape index (κ3) is 2.68. The van der Waals surface area contributed by atoms with Gasteiger partial charge in [-0.25, -0.2) is 0 Å². The molecule has 0 spiro atoms. The van der Waals surface area contributed by atoms with E-state index >= 15 is 0 Å². The molecule has 0 unspecified atom stereocenters. The van der Waals surface area contributed by atoms with Gasteiger partial charge in [-0.3, -0.25) is 14.5 Å². The highest BCUT2D eigenvalue weighted by Crippen LogP contribution is 2.35. The Labute approximate surface area is 113 Å². The number of benzene rings is 1. The molecule has 0 saturated carbocycles. The summed E-state index contributed by atoms with van der Waals surface area (Å²) in [6.45, 7) is 6.19. The quantitative estimate of drug-likeness (QED) is 0.828. The molecular formula is C15H20N2O2. The number of piperidine rings is 1. The van der Waals surface area contributed by atoms with Crippen molar-refractivity contribution in [2.45, 2.75) is 40.2 Å². The fourth-order valence-electron chi connectivity index (χ4n) is 2.47. The molecule has 19 heavy (non-hydrogen) atoms. The first-order valence-electron chi connectivity index (χ1n) is 6.49. The van der Waals surface area contributed by atoms with Gasteiger partial charge in [-0.1, -0.05) is 26.0 Å². The molecule has 0 aliphatic carbocycles. The van der Waals surface area contributed by atoms with Crippen LogP contribution in [0, 0.1) is 12.3 Å². The lowest BCUT2D eigenvalue weighted by atomic mass is 9.81. The van der Waals surface area contributed by atoms with Crippen LogP contribution in [0.3, 0.4) is 0 Å². The van der Waals surface area contributed by atoms with Crippen molar-refractivity contribution in [1.82, 2.24) is 0 Å². The van der Waals surface area contributed by atoms with E-state index in [1.807, 2.05) is 39.0 Å². The number of nitrogens with two attached hydrogens (primary N) is 1. The van der Waals surface area contributed by atoms with Crippen molar-refractivity contribution in [3.05, 3.63) is 29.3 Å². The Kier molecular flexibility index (Phi) is 3.45. The fraction of sp³-hybridized carbons (Fsp3) is 0.467. The van der Waals surface area contributed by atoms with Gasteiger partial charge >= 0.3 is 0 Å². The van der Waals surface area contributed by atoms with Crippen molar-refractivity contribution < 1.29 is 9.59 Å². The second-order valence-corrected chi connectivity index (χ2v) is 5.97. The number of hydrogen-bond donors (Lipinski definition) is 1. The molecule has 2 N–H and O–H groups in total. The lowest BCUT2D eigenvalue weighted by Gasteiger charge is -2.35. The highest BCUT2D eigenvalue weighted by Gasteiger charge is 2.38. The van der Waals surface area contributed by atoms with E-state index in [0.29, 0.717) is 25.1 Å². The number of aryl methyl sites for hydroxylation is 1. The predicted octanol–water partition coefficient (Wildman–Crippen LogP) is 2.13. The molecule has 0 bridgehead atoms. The van der Waals surface area contributed by atoms with Crippen molar-refractivity contribution >= 4 is 17.5 Å². The number of amides is 2. The van der Waals surface area contributed by atoms with Crippen LogP contribution in [-0.4, -0.2) is 11.8 Å². The summed E-state index contributed by atoms with van der Waals surface area (Å²) in [5.74, 6) is -0.253. The monoisotopic (exact) mass is 260 g/mol. The van der Waals surface area contributed by atoms with Gasteiger partial charge < -0.3 is 5.73 Å². The normalized spacial score (nSPS) is 18.8. The molecule has 4 nitrogen and oxygen atoms in total. The molecule has 2 rings (SSSR count). The highest BCUT2D eigenvalue weighted by atomic mass is 16.2. The van der Waals surface area contributed by atoms with Crippen molar-refractivity contribution in [2.24, 2.45) is 11.1 Å². The van der Waals surface area contributed by atoms with Crippen molar-refractivity contribution in [3.63, 3.8) is 0 Å². The summed E-state index contributed by atoms with van der Waals surface area (Å²) in [5.41, 5.74) is 7.89. The summed E-state index contributed by atoms with van der Waals surface area (Å²) in [6, 6.07) is 5.66. The molecule has 2 amide bonds. The lowest BCUT2D eigenvalue weighted by molar-refractivity contribution is -0.132. The van der Waals surface area contributed by atoms with E-state index in [4.69, 9.17) is 5.73 Å². The standard InChI is InChI=1S/C15H20N2O2/c1-10-4-5-11(9-16)6-12(10)17-13(18)7-15(2,3)8-14(17)19/h4-6H,7-9,16H2,1-3H3. The van der Waals surface area contributed by atoms with Crippen LogP contribution >= 0.6 is 0 Å². The molecule has 1 heterocycles. The van der Waals surface area contributed by atoms with Crippen LogP contribution in [0.2, 0.25) is 0 Å². The Morgan fingerprint density at radius 2 is 1.79 bits per heavy atom. The topological polar surface area (TPSA) is 63.4 Å². The SMILES string of the molecule is Cc1ccc(CN)cc1N1C(=O)CC(C)(C)CC1=O. The minimum absolute atomic E-state index is 0.126. The third-order valence-corrected chi connectivity index (χ3v) is 3.51. The maximum Gasteiger partial charge on any atom is 0.234 e. The molecule has 1 aromatic rings. The summed E-state index contributed by atoms with van der Waals surface area (Å²) < 4.78 is 0. The smallest absolute Gasteiger partial charge is 0.234 e. The third-order valence-electron chi connectivity index (χ3n) is 3.51. The number of carbonyl (C=O) groups is 2. The summed E-state index contributed by atoms with van der Waals surface area (Å²) in [7, 11) is 0. The second kappa shape index (κ2) is 4.78. The van der Waals surface area contributed by atoms with E-state index in [1.165, 1.54) is 4.90 Å². The first-order chi connectivity index (χ1) is 8.84. The molecule has 0 aromatic heterocycles. The zero-order valence-electron chi connectivity index (χ0n) is 11.7.